The number of rotatable bonds is 6. The first-order valence-corrected chi connectivity index (χ1v) is 10.00. The van der Waals surface area contributed by atoms with Crippen LogP contribution >= 0.6 is 24.0 Å². The van der Waals surface area contributed by atoms with Crippen LogP contribution < -0.4 is 10.6 Å². The molecule has 0 radical (unpaired) electrons. The second-order valence-electron chi connectivity index (χ2n) is 7.45. The molecule has 2 aromatic rings. The van der Waals surface area contributed by atoms with Crippen LogP contribution in [0.15, 0.2) is 59.6 Å². The van der Waals surface area contributed by atoms with Crippen LogP contribution in [-0.4, -0.2) is 51.1 Å². The molecule has 0 bridgehead atoms. The van der Waals surface area contributed by atoms with Crippen LogP contribution in [0.25, 0.3) is 0 Å². The van der Waals surface area contributed by atoms with Crippen molar-refractivity contribution in [1.82, 2.24) is 15.5 Å². The van der Waals surface area contributed by atoms with Gasteiger partial charge in [-0.2, -0.15) is 0 Å². The number of nitrogens with zero attached hydrogens (tertiary/aromatic N) is 2. The topological polar surface area (TPSA) is 66.0 Å². The third kappa shape index (κ3) is 6.43. The number of nitrogens with one attached hydrogen (secondary N) is 2. The van der Waals surface area contributed by atoms with Gasteiger partial charge in [-0.05, 0) is 29.7 Å². The Hall–Kier alpha value is -2.13. The van der Waals surface area contributed by atoms with Crippen molar-refractivity contribution in [3.05, 3.63) is 71.3 Å². The minimum atomic E-state index is 0. The van der Waals surface area contributed by atoms with Crippen LogP contribution in [0.5, 0.6) is 0 Å². The largest absolute Gasteiger partial charge is 0.373 e. The minimum absolute atomic E-state index is 0. The number of hydrogen-bond acceptors (Lipinski definition) is 3. The summed E-state index contributed by atoms with van der Waals surface area (Å²) in [6.45, 7) is 2.23. The highest BCUT2D eigenvalue weighted by Gasteiger charge is 2.29. The van der Waals surface area contributed by atoms with E-state index in [0.29, 0.717) is 18.0 Å². The number of ether oxygens (including phenoxy) is 1. The molecule has 0 saturated carbocycles. The highest BCUT2D eigenvalue weighted by Crippen LogP contribution is 2.33. The molecule has 1 aliphatic heterocycles. The fourth-order valence-electron chi connectivity index (χ4n) is 3.51. The quantitative estimate of drug-likeness (QED) is 0.347. The second-order valence-corrected chi connectivity index (χ2v) is 7.45. The van der Waals surface area contributed by atoms with E-state index in [1.165, 1.54) is 5.56 Å². The highest BCUT2D eigenvalue weighted by atomic mass is 127. The normalized spacial score (nSPS) is 18.4. The van der Waals surface area contributed by atoms with E-state index in [-0.39, 0.29) is 36.0 Å². The Balaban J connectivity index is 0.00000320. The van der Waals surface area contributed by atoms with Crippen molar-refractivity contribution in [2.24, 2.45) is 10.9 Å². The Morgan fingerprint density at radius 2 is 1.80 bits per heavy atom. The Kier molecular flexibility index (Phi) is 9.58. The van der Waals surface area contributed by atoms with Gasteiger partial charge >= 0.3 is 0 Å². The first kappa shape index (κ1) is 24.1. The van der Waals surface area contributed by atoms with Gasteiger partial charge < -0.3 is 20.3 Å². The fourth-order valence-corrected chi connectivity index (χ4v) is 3.51. The molecule has 0 spiro atoms. The highest BCUT2D eigenvalue weighted by molar-refractivity contribution is 14.0. The molecule has 0 aromatic heterocycles. The first-order valence-electron chi connectivity index (χ1n) is 10.00. The van der Waals surface area contributed by atoms with Gasteiger partial charge in [-0.1, -0.05) is 42.5 Å². The molecule has 1 heterocycles. The van der Waals surface area contributed by atoms with E-state index in [0.717, 1.165) is 31.1 Å². The number of amides is 1. The third-order valence-corrected chi connectivity index (χ3v) is 5.16. The Bertz CT molecular complexity index is 825. The number of carbonyl (C=O) groups excluding carboxylic acids is 1. The summed E-state index contributed by atoms with van der Waals surface area (Å²) in [5.74, 6) is 1.18. The molecule has 6 nitrogen and oxygen atoms in total. The van der Waals surface area contributed by atoms with Crippen LogP contribution in [0.3, 0.4) is 0 Å². The van der Waals surface area contributed by atoms with Crippen molar-refractivity contribution in [3.63, 3.8) is 0 Å². The molecule has 2 unspecified atom stereocenters. The van der Waals surface area contributed by atoms with Crippen LogP contribution in [0, 0.1) is 5.92 Å². The molecule has 162 valence electrons. The molecule has 3 rings (SSSR count). The lowest BCUT2D eigenvalue weighted by molar-refractivity contribution is 0.0827. The zero-order valence-corrected chi connectivity index (χ0v) is 20.1. The van der Waals surface area contributed by atoms with Gasteiger partial charge in [-0.25, -0.2) is 0 Å². The van der Waals surface area contributed by atoms with Gasteiger partial charge in [0, 0.05) is 52.3 Å². The van der Waals surface area contributed by atoms with Crippen molar-refractivity contribution < 1.29 is 9.53 Å². The predicted molar refractivity (Wildman–Crippen MR) is 131 cm³/mol. The van der Waals surface area contributed by atoms with Crippen LogP contribution in [0.2, 0.25) is 0 Å². The first-order chi connectivity index (χ1) is 14.1. The average Bonchev–Trinajstić information content (AvgIpc) is 3.23. The number of halogens is 1. The summed E-state index contributed by atoms with van der Waals surface area (Å²) in [6.07, 6.45) is 1.16. The van der Waals surface area contributed by atoms with Crippen molar-refractivity contribution >= 4 is 35.8 Å². The van der Waals surface area contributed by atoms with Crippen molar-refractivity contribution in [3.8, 4) is 0 Å². The summed E-state index contributed by atoms with van der Waals surface area (Å²) < 4.78 is 5.96. The molecule has 1 aliphatic rings. The van der Waals surface area contributed by atoms with Gasteiger partial charge in [0.05, 0.1) is 6.10 Å². The molecule has 0 aliphatic carbocycles. The van der Waals surface area contributed by atoms with E-state index in [9.17, 15) is 4.79 Å². The third-order valence-electron chi connectivity index (χ3n) is 5.16. The van der Waals surface area contributed by atoms with E-state index in [2.05, 4.69) is 39.9 Å². The average molecular weight is 522 g/mol. The molecule has 2 N–H and O–H groups in total. The van der Waals surface area contributed by atoms with E-state index in [1.807, 2.05) is 30.3 Å². The maximum absolute atomic E-state index is 12.0. The number of guanidine groups is 1. The molecule has 7 heteroatoms. The zero-order valence-electron chi connectivity index (χ0n) is 17.8. The minimum Gasteiger partial charge on any atom is -0.373 e. The Morgan fingerprint density at radius 1 is 1.10 bits per heavy atom. The lowest BCUT2D eigenvalue weighted by Gasteiger charge is -2.21. The molecular weight excluding hydrogens is 491 g/mol. The maximum Gasteiger partial charge on any atom is 0.253 e. The molecule has 1 saturated heterocycles. The monoisotopic (exact) mass is 522 g/mol. The van der Waals surface area contributed by atoms with E-state index in [4.69, 9.17) is 4.74 Å². The fraction of sp³-hybridized carbons (Fsp3) is 0.391. The van der Waals surface area contributed by atoms with Crippen molar-refractivity contribution in [1.29, 1.82) is 0 Å². The molecule has 30 heavy (non-hydrogen) atoms. The van der Waals surface area contributed by atoms with Crippen LogP contribution in [0.4, 0.5) is 0 Å². The predicted octanol–water partition coefficient (Wildman–Crippen LogP) is 3.45. The van der Waals surface area contributed by atoms with Gasteiger partial charge in [0.25, 0.3) is 5.91 Å². The molecular formula is C23H31IN4O2. The lowest BCUT2D eigenvalue weighted by atomic mass is 9.95. The van der Waals surface area contributed by atoms with E-state index >= 15 is 0 Å². The van der Waals surface area contributed by atoms with Gasteiger partial charge in [0.15, 0.2) is 5.96 Å². The maximum atomic E-state index is 12.0. The zero-order chi connectivity index (χ0) is 20.6. The Labute approximate surface area is 196 Å². The standard InChI is InChI=1S/C23H30N4O2.HI/c1-24-23(25-15-17-9-11-19(12-10-17)22(28)27(2)3)26-16-20-13-14-29-21(20)18-7-5-4-6-8-18;/h4-12,20-21H,13-16H2,1-3H3,(H2,24,25,26);1H. The van der Waals surface area contributed by atoms with E-state index < -0.39 is 0 Å². The number of benzene rings is 2. The molecule has 2 atom stereocenters. The summed E-state index contributed by atoms with van der Waals surface area (Å²) in [7, 11) is 5.28. The van der Waals surface area contributed by atoms with Gasteiger partial charge in [0.1, 0.15) is 0 Å². The molecule has 1 amide bonds. The SMILES string of the molecule is CN=C(NCc1ccc(C(=O)N(C)C)cc1)NCC1CCOC1c1ccccc1.I. The van der Waals surface area contributed by atoms with E-state index in [1.54, 1.807) is 26.0 Å². The number of hydrogen-bond donors (Lipinski definition) is 2. The summed E-state index contributed by atoms with van der Waals surface area (Å²) in [4.78, 5) is 17.9. The van der Waals surface area contributed by atoms with Gasteiger partial charge in [-0.3, -0.25) is 9.79 Å². The van der Waals surface area contributed by atoms with Crippen LogP contribution in [0.1, 0.15) is 34.0 Å². The van der Waals surface area contributed by atoms with Crippen molar-refractivity contribution in [2.75, 3.05) is 34.3 Å². The summed E-state index contributed by atoms with van der Waals surface area (Å²) in [5.41, 5.74) is 3.01. The van der Waals surface area contributed by atoms with Gasteiger partial charge in [-0.15, -0.1) is 24.0 Å². The van der Waals surface area contributed by atoms with Crippen molar-refractivity contribution in [2.45, 2.75) is 19.1 Å². The number of carbonyl (C=O) groups is 1. The smallest absolute Gasteiger partial charge is 0.253 e. The lowest BCUT2D eigenvalue weighted by Crippen LogP contribution is -2.39. The summed E-state index contributed by atoms with van der Waals surface area (Å²) in [6, 6.07) is 18.0. The number of aliphatic imine (C=N–C) groups is 1. The second kappa shape index (κ2) is 11.9. The molecule has 1 fully saturated rings. The molecule has 2 aromatic carbocycles. The van der Waals surface area contributed by atoms with Gasteiger partial charge in [0.2, 0.25) is 0 Å². The van der Waals surface area contributed by atoms with Crippen LogP contribution in [-0.2, 0) is 11.3 Å². The summed E-state index contributed by atoms with van der Waals surface area (Å²) in [5, 5.41) is 6.76. The Morgan fingerprint density at radius 3 is 2.43 bits per heavy atom. The summed E-state index contributed by atoms with van der Waals surface area (Å²) >= 11 is 0.